The van der Waals surface area contributed by atoms with E-state index < -0.39 is 5.60 Å². The summed E-state index contributed by atoms with van der Waals surface area (Å²) in [5, 5.41) is 18.9. The van der Waals surface area contributed by atoms with Crippen LogP contribution >= 0.6 is 0 Å². The van der Waals surface area contributed by atoms with Gasteiger partial charge in [-0.2, -0.15) is 15.5 Å². The molecule has 0 N–H and O–H groups in total. The lowest BCUT2D eigenvalue weighted by atomic mass is 10.0. The van der Waals surface area contributed by atoms with E-state index in [2.05, 4.69) is 32.7 Å². The highest BCUT2D eigenvalue weighted by Gasteiger charge is 2.39. The summed E-state index contributed by atoms with van der Waals surface area (Å²) in [6.45, 7) is 12.9. The maximum absolute atomic E-state index is 12.5. The fourth-order valence-corrected chi connectivity index (χ4v) is 5.82. The number of carbonyl (C=O) groups excluding carboxylic acids is 1. The van der Waals surface area contributed by atoms with Crippen LogP contribution in [0.15, 0.2) is 49.1 Å². The molecule has 1 amide bonds. The second kappa shape index (κ2) is 10.8. The Morgan fingerprint density at radius 3 is 2.67 bits per heavy atom. The number of likely N-dealkylation sites (tertiary alicyclic amines) is 2. The molecule has 2 saturated heterocycles. The first-order valence-corrected chi connectivity index (χ1v) is 14.4. The number of carbonyl (C=O) groups is 1. The van der Waals surface area contributed by atoms with Crippen molar-refractivity contribution in [3.63, 3.8) is 0 Å². The highest BCUT2D eigenvalue weighted by atomic mass is 16.6. The predicted octanol–water partition coefficient (Wildman–Crippen LogP) is 4.78. The SMILES string of the molecule is Cc1c(-c2cc(O[C@H](C)c3ccccn3)c3c(C#N)cnn3c2)cnn1C1CN([C@@H]2CCN(C(=O)OC(C)(C)C)C2)C1. The van der Waals surface area contributed by atoms with Crippen LogP contribution in [0.3, 0.4) is 0 Å². The molecule has 11 heteroatoms. The third kappa shape index (κ3) is 5.30. The molecule has 0 aromatic carbocycles. The summed E-state index contributed by atoms with van der Waals surface area (Å²) in [5.41, 5.74) is 4.32. The molecule has 0 radical (unpaired) electrons. The Bertz CT molecular complexity index is 1640. The van der Waals surface area contributed by atoms with E-state index in [0.29, 0.717) is 29.4 Å². The van der Waals surface area contributed by atoms with Crippen molar-refractivity contribution in [2.45, 2.75) is 64.8 Å². The normalized spacial score (nSPS) is 18.6. The number of ether oxygens (including phenoxy) is 2. The number of rotatable bonds is 6. The molecule has 6 heterocycles. The second-order valence-electron chi connectivity index (χ2n) is 12.1. The number of nitriles is 1. The predicted molar refractivity (Wildman–Crippen MR) is 156 cm³/mol. The number of fused-ring (bicyclic) bond motifs is 1. The van der Waals surface area contributed by atoms with E-state index >= 15 is 0 Å². The van der Waals surface area contributed by atoms with E-state index in [1.165, 1.54) is 0 Å². The maximum Gasteiger partial charge on any atom is 0.410 e. The molecule has 0 bridgehead atoms. The van der Waals surface area contributed by atoms with Crippen LogP contribution in [0.25, 0.3) is 16.6 Å². The van der Waals surface area contributed by atoms with Gasteiger partial charge in [0.2, 0.25) is 0 Å². The zero-order chi connectivity index (χ0) is 29.6. The maximum atomic E-state index is 12.5. The average molecular weight is 569 g/mol. The molecule has 2 aliphatic heterocycles. The van der Waals surface area contributed by atoms with Gasteiger partial charge in [0.15, 0.2) is 0 Å². The third-order valence-electron chi connectivity index (χ3n) is 8.03. The van der Waals surface area contributed by atoms with Crippen LogP contribution in [0.4, 0.5) is 4.79 Å². The smallest absolute Gasteiger partial charge is 0.410 e. The standard InChI is InChI=1S/C31H36N8O3/c1-20-26(15-35-39(20)25-18-37(19-25)24-9-11-36(17-24)30(40)42-31(3,4)5)22-12-28(29-23(13-32)14-34-38(29)16-22)41-21(2)27-8-6-7-10-33-27/h6-8,10,12,14-16,21,24-25H,9,11,17-19H2,1-5H3/t21-,24-/m1/s1. The fourth-order valence-electron chi connectivity index (χ4n) is 5.82. The van der Waals surface area contributed by atoms with Crippen molar-refractivity contribution in [1.82, 2.24) is 34.2 Å². The molecule has 2 aliphatic rings. The molecule has 218 valence electrons. The van der Waals surface area contributed by atoms with Crippen LogP contribution in [-0.2, 0) is 4.74 Å². The van der Waals surface area contributed by atoms with Gasteiger partial charge in [-0.3, -0.25) is 14.6 Å². The van der Waals surface area contributed by atoms with Crippen molar-refractivity contribution in [3.05, 3.63) is 66.0 Å². The third-order valence-corrected chi connectivity index (χ3v) is 8.03. The van der Waals surface area contributed by atoms with Gasteiger partial charge in [0, 0.05) is 61.4 Å². The van der Waals surface area contributed by atoms with Crippen LogP contribution in [0.1, 0.15) is 63.2 Å². The largest absolute Gasteiger partial charge is 0.482 e. The van der Waals surface area contributed by atoms with Gasteiger partial charge in [-0.25, -0.2) is 9.31 Å². The van der Waals surface area contributed by atoms with Crippen LogP contribution in [0.5, 0.6) is 5.75 Å². The lowest BCUT2D eigenvalue weighted by Crippen LogP contribution is -2.54. The van der Waals surface area contributed by atoms with Gasteiger partial charge < -0.3 is 14.4 Å². The number of hydrogen-bond donors (Lipinski definition) is 0. The minimum absolute atomic E-state index is 0.233. The van der Waals surface area contributed by atoms with Crippen LogP contribution in [0.2, 0.25) is 0 Å². The molecule has 0 spiro atoms. The van der Waals surface area contributed by atoms with E-state index in [1.807, 2.05) is 69.3 Å². The zero-order valence-corrected chi connectivity index (χ0v) is 24.7. The molecular weight excluding hydrogens is 532 g/mol. The summed E-state index contributed by atoms with van der Waals surface area (Å²) in [5.74, 6) is 0.567. The van der Waals surface area contributed by atoms with Crippen molar-refractivity contribution in [1.29, 1.82) is 5.26 Å². The molecule has 0 aliphatic carbocycles. The van der Waals surface area contributed by atoms with Crippen molar-refractivity contribution < 1.29 is 14.3 Å². The lowest BCUT2D eigenvalue weighted by Gasteiger charge is -2.43. The lowest BCUT2D eigenvalue weighted by molar-refractivity contribution is 0.0232. The molecule has 4 aromatic rings. The van der Waals surface area contributed by atoms with Gasteiger partial charge in [0.1, 0.15) is 34.6 Å². The summed E-state index contributed by atoms with van der Waals surface area (Å²) in [6.07, 6.45) is 7.50. The van der Waals surface area contributed by atoms with Gasteiger partial charge in [0.25, 0.3) is 0 Å². The highest BCUT2D eigenvalue weighted by molar-refractivity contribution is 5.76. The molecular formula is C31H36N8O3. The monoisotopic (exact) mass is 568 g/mol. The summed E-state index contributed by atoms with van der Waals surface area (Å²) in [7, 11) is 0. The topological polar surface area (TPSA) is 114 Å². The summed E-state index contributed by atoms with van der Waals surface area (Å²) in [4.78, 5) is 21.2. The summed E-state index contributed by atoms with van der Waals surface area (Å²) < 4.78 is 15.7. The minimum atomic E-state index is -0.490. The number of hydrogen-bond acceptors (Lipinski definition) is 8. The Hall–Kier alpha value is -4.43. The number of aromatic nitrogens is 5. The summed E-state index contributed by atoms with van der Waals surface area (Å²) in [6, 6.07) is 10.5. The molecule has 4 aromatic heterocycles. The van der Waals surface area contributed by atoms with Crippen LogP contribution in [-0.4, -0.2) is 78.1 Å². The Kier molecular flexibility index (Phi) is 7.10. The van der Waals surface area contributed by atoms with E-state index in [-0.39, 0.29) is 18.2 Å². The van der Waals surface area contributed by atoms with Crippen molar-refractivity contribution in [2.24, 2.45) is 0 Å². The van der Waals surface area contributed by atoms with Gasteiger partial charge >= 0.3 is 6.09 Å². The zero-order valence-electron chi connectivity index (χ0n) is 24.7. The van der Waals surface area contributed by atoms with Crippen molar-refractivity contribution in [2.75, 3.05) is 26.2 Å². The van der Waals surface area contributed by atoms with Crippen LogP contribution < -0.4 is 4.74 Å². The van der Waals surface area contributed by atoms with E-state index in [1.54, 1.807) is 16.9 Å². The van der Waals surface area contributed by atoms with Crippen molar-refractivity contribution in [3.8, 4) is 22.9 Å². The Morgan fingerprint density at radius 1 is 1.14 bits per heavy atom. The quantitative estimate of drug-likeness (QED) is 0.327. The number of pyridine rings is 2. The second-order valence-corrected chi connectivity index (χ2v) is 12.1. The van der Waals surface area contributed by atoms with Gasteiger partial charge in [0.05, 0.1) is 24.1 Å². The van der Waals surface area contributed by atoms with E-state index in [9.17, 15) is 10.1 Å². The van der Waals surface area contributed by atoms with E-state index in [4.69, 9.17) is 14.6 Å². The highest BCUT2D eigenvalue weighted by Crippen LogP contribution is 2.36. The van der Waals surface area contributed by atoms with E-state index in [0.717, 1.165) is 48.6 Å². The first-order chi connectivity index (χ1) is 20.1. The van der Waals surface area contributed by atoms with Crippen molar-refractivity contribution >= 4 is 11.6 Å². The number of amides is 1. The molecule has 6 rings (SSSR count). The fraction of sp³-hybridized carbons (Fsp3) is 0.452. The molecule has 2 atom stereocenters. The first kappa shape index (κ1) is 27.7. The van der Waals surface area contributed by atoms with Gasteiger partial charge in [-0.1, -0.05) is 6.07 Å². The Labute approximate surface area is 245 Å². The molecule has 0 saturated carbocycles. The summed E-state index contributed by atoms with van der Waals surface area (Å²) >= 11 is 0. The van der Waals surface area contributed by atoms with Gasteiger partial charge in [-0.05, 0) is 59.2 Å². The minimum Gasteiger partial charge on any atom is -0.482 e. The molecule has 0 unspecified atom stereocenters. The molecule has 42 heavy (non-hydrogen) atoms. The van der Waals surface area contributed by atoms with Crippen LogP contribution in [0, 0.1) is 18.3 Å². The Morgan fingerprint density at radius 2 is 1.95 bits per heavy atom. The Balaban J connectivity index is 1.18. The molecule has 2 fully saturated rings. The number of nitrogens with zero attached hydrogens (tertiary/aromatic N) is 8. The first-order valence-electron chi connectivity index (χ1n) is 14.4. The average Bonchev–Trinajstić information content (AvgIpc) is 3.67. The molecule has 11 nitrogen and oxygen atoms in total. The van der Waals surface area contributed by atoms with Gasteiger partial charge in [-0.15, -0.1) is 0 Å².